The molecule has 2 aromatic rings. The summed E-state index contributed by atoms with van der Waals surface area (Å²) in [4.78, 5) is 14.9. The van der Waals surface area contributed by atoms with Gasteiger partial charge < -0.3 is 9.67 Å². The first-order valence-corrected chi connectivity index (χ1v) is 4.97. The molecule has 0 fully saturated rings. The highest BCUT2D eigenvalue weighted by Gasteiger charge is 2.09. The van der Waals surface area contributed by atoms with Gasteiger partial charge in [-0.25, -0.2) is 4.98 Å². The average Bonchev–Trinajstić information content (AvgIpc) is 2.66. The van der Waals surface area contributed by atoms with E-state index in [-0.39, 0.29) is 6.54 Å². The lowest BCUT2D eigenvalue weighted by Crippen LogP contribution is -2.09. The first-order valence-electron chi connectivity index (χ1n) is 4.97. The van der Waals surface area contributed by atoms with E-state index in [1.54, 1.807) is 17.0 Å². The molecule has 4 nitrogen and oxygen atoms in total. The third kappa shape index (κ3) is 1.95. The summed E-state index contributed by atoms with van der Waals surface area (Å²) >= 11 is 0. The maximum absolute atomic E-state index is 10.7. The highest BCUT2D eigenvalue weighted by Crippen LogP contribution is 2.21. The Morgan fingerprint density at radius 1 is 1.44 bits per heavy atom. The van der Waals surface area contributed by atoms with Crippen molar-refractivity contribution in [3.05, 3.63) is 42.2 Å². The van der Waals surface area contributed by atoms with E-state index in [9.17, 15) is 4.79 Å². The smallest absolute Gasteiger partial charge is 0.323 e. The second-order valence-corrected chi connectivity index (χ2v) is 3.59. The van der Waals surface area contributed by atoms with Gasteiger partial charge in [0.05, 0.1) is 0 Å². The van der Waals surface area contributed by atoms with Gasteiger partial charge in [0.2, 0.25) is 0 Å². The predicted molar refractivity (Wildman–Crippen MR) is 60.0 cm³/mol. The molecule has 4 heteroatoms. The van der Waals surface area contributed by atoms with Gasteiger partial charge in [-0.2, -0.15) is 0 Å². The Morgan fingerprint density at radius 2 is 2.19 bits per heavy atom. The molecule has 2 rings (SSSR count). The number of carboxylic acid groups (broad SMARTS) is 1. The summed E-state index contributed by atoms with van der Waals surface area (Å²) in [5, 5.41) is 8.78. The zero-order chi connectivity index (χ0) is 11.5. The third-order valence-electron chi connectivity index (χ3n) is 2.41. The minimum Gasteiger partial charge on any atom is -0.480 e. The van der Waals surface area contributed by atoms with Crippen molar-refractivity contribution in [2.24, 2.45) is 0 Å². The van der Waals surface area contributed by atoms with Crippen molar-refractivity contribution < 1.29 is 9.90 Å². The molecule has 0 saturated carbocycles. The highest BCUT2D eigenvalue weighted by atomic mass is 16.4. The molecular weight excluding hydrogens is 204 g/mol. The lowest BCUT2D eigenvalue weighted by molar-refractivity contribution is -0.137. The van der Waals surface area contributed by atoms with Crippen LogP contribution >= 0.6 is 0 Å². The summed E-state index contributed by atoms with van der Waals surface area (Å²) in [5.74, 6) is -0.173. The van der Waals surface area contributed by atoms with Crippen LogP contribution in [0.1, 0.15) is 5.56 Å². The fourth-order valence-corrected chi connectivity index (χ4v) is 1.65. The molecule has 1 aromatic heterocycles. The number of aryl methyl sites for hydroxylation is 1. The van der Waals surface area contributed by atoms with Crippen molar-refractivity contribution in [3.8, 4) is 11.4 Å². The van der Waals surface area contributed by atoms with Gasteiger partial charge in [0.25, 0.3) is 0 Å². The van der Waals surface area contributed by atoms with Crippen LogP contribution in [0.15, 0.2) is 36.7 Å². The van der Waals surface area contributed by atoms with E-state index >= 15 is 0 Å². The lowest BCUT2D eigenvalue weighted by atomic mass is 10.1. The quantitative estimate of drug-likeness (QED) is 0.853. The number of carbonyl (C=O) groups is 1. The number of hydrogen-bond donors (Lipinski definition) is 1. The SMILES string of the molecule is Cc1ccccc1-c1nccn1CC(=O)O. The largest absolute Gasteiger partial charge is 0.480 e. The first-order chi connectivity index (χ1) is 7.68. The maximum atomic E-state index is 10.7. The summed E-state index contributed by atoms with van der Waals surface area (Å²) in [7, 11) is 0. The molecule has 1 N–H and O–H groups in total. The first kappa shape index (κ1) is 10.4. The Hall–Kier alpha value is -2.10. The number of aliphatic carboxylic acids is 1. The average molecular weight is 216 g/mol. The molecule has 0 aliphatic heterocycles. The fraction of sp³-hybridized carbons (Fsp3) is 0.167. The number of carboxylic acids is 1. The monoisotopic (exact) mass is 216 g/mol. The molecule has 0 spiro atoms. The van der Waals surface area contributed by atoms with E-state index in [1.165, 1.54) is 0 Å². The number of rotatable bonds is 3. The second kappa shape index (κ2) is 4.18. The van der Waals surface area contributed by atoms with Crippen molar-refractivity contribution in [1.82, 2.24) is 9.55 Å². The summed E-state index contributed by atoms with van der Waals surface area (Å²) in [6.07, 6.45) is 3.29. The van der Waals surface area contributed by atoms with Gasteiger partial charge in [-0.3, -0.25) is 4.79 Å². The van der Waals surface area contributed by atoms with Crippen LogP contribution in [0.5, 0.6) is 0 Å². The Kier molecular flexibility index (Phi) is 2.72. The van der Waals surface area contributed by atoms with Gasteiger partial charge in [0, 0.05) is 18.0 Å². The van der Waals surface area contributed by atoms with Crippen LogP contribution < -0.4 is 0 Å². The topological polar surface area (TPSA) is 55.1 Å². The molecule has 1 heterocycles. The van der Waals surface area contributed by atoms with Crippen LogP contribution in [0, 0.1) is 6.92 Å². The van der Waals surface area contributed by atoms with Gasteiger partial charge in [-0.05, 0) is 12.5 Å². The Bertz CT molecular complexity index is 517. The summed E-state index contributed by atoms with van der Waals surface area (Å²) in [6.45, 7) is 1.92. The molecular formula is C12H12N2O2. The van der Waals surface area contributed by atoms with Crippen molar-refractivity contribution in [2.75, 3.05) is 0 Å². The van der Waals surface area contributed by atoms with Crippen LogP contribution in [0.25, 0.3) is 11.4 Å². The maximum Gasteiger partial charge on any atom is 0.323 e. The van der Waals surface area contributed by atoms with Crippen molar-refractivity contribution in [1.29, 1.82) is 0 Å². The normalized spacial score (nSPS) is 10.3. The highest BCUT2D eigenvalue weighted by molar-refractivity contribution is 5.68. The molecule has 0 aliphatic rings. The number of benzene rings is 1. The second-order valence-electron chi connectivity index (χ2n) is 3.59. The van der Waals surface area contributed by atoms with Crippen LogP contribution in [-0.2, 0) is 11.3 Å². The molecule has 0 saturated heterocycles. The van der Waals surface area contributed by atoms with E-state index in [0.29, 0.717) is 5.82 Å². The van der Waals surface area contributed by atoms with E-state index in [2.05, 4.69) is 4.98 Å². The van der Waals surface area contributed by atoms with Gasteiger partial charge in [-0.15, -0.1) is 0 Å². The van der Waals surface area contributed by atoms with Crippen molar-refractivity contribution >= 4 is 5.97 Å². The third-order valence-corrected chi connectivity index (χ3v) is 2.41. The predicted octanol–water partition coefficient (Wildman–Crippen LogP) is 1.94. The van der Waals surface area contributed by atoms with E-state index in [4.69, 9.17) is 5.11 Å². The molecule has 1 aromatic carbocycles. The van der Waals surface area contributed by atoms with Crippen molar-refractivity contribution in [2.45, 2.75) is 13.5 Å². The van der Waals surface area contributed by atoms with Crippen LogP contribution in [0.4, 0.5) is 0 Å². The zero-order valence-corrected chi connectivity index (χ0v) is 8.92. The number of nitrogens with zero attached hydrogens (tertiary/aromatic N) is 2. The Labute approximate surface area is 93.2 Å². The van der Waals surface area contributed by atoms with Gasteiger partial charge >= 0.3 is 5.97 Å². The van der Waals surface area contributed by atoms with E-state index < -0.39 is 5.97 Å². The summed E-state index contributed by atoms with van der Waals surface area (Å²) in [5.41, 5.74) is 2.05. The molecule has 0 unspecified atom stereocenters. The van der Waals surface area contributed by atoms with E-state index in [1.807, 2.05) is 31.2 Å². The van der Waals surface area contributed by atoms with Crippen LogP contribution in [0.2, 0.25) is 0 Å². The Morgan fingerprint density at radius 3 is 2.88 bits per heavy atom. The molecule has 82 valence electrons. The van der Waals surface area contributed by atoms with E-state index in [0.717, 1.165) is 11.1 Å². The summed E-state index contributed by atoms with van der Waals surface area (Å²) in [6, 6.07) is 7.79. The molecule has 0 bridgehead atoms. The number of hydrogen-bond acceptors (Lipinski definition) is 2. The van der Waals surface area contributed by atoms with Crippen LogP contribution in [0.3, 0.4) is 0 Å². The molecule has 0 atom stereocenters. The lowest BCUT2D eigenvalue weighted by Gasteiger charge is -2.07. The summed E-state index contributed by atoms with van der Waals surface area (Å²) < 4.78 is 1.63. The molecule has 16 heavy (non-hydrogen) atoms. The molecule has 0 amide bonds. The minimum atomic E-state index is -0.868. The fourth-order valence-electron chi connectivity index (χ4n) is 1.65. The standard InChI is InChI=1S/C12H12N2O2/c1-9-4-2-3-5-10(9)12-13-6-7-14(12)8-11(15)16/h2-7H,8H2,1H3,(H,15,16). The Balaban J connectivity index is 2.45. The van der Waals surface area contributed by atoms with Gasteiger partial charge in [-0.1, -0.05) is 24.3 Å². The minimum absolute atomic E-state index is 0.0658. The molecule has 0 radical (unpaired) electrons. The van der Waals surface area contributed by atoms with Gasteiger partial charge in [0.15, 0.2) is 0 Å². The van der Waals surface area contributed by atoms with Gasteiger partial charge in [0.1, 0.15) is 12.4 Å². The molecule has 0 aliphatic carbocycles. The van der Waals surface area contributed by atoms with Crippen LogP contribution in [-0.4, -0.2) is 20.6 Å². The zero-order valence-electron chi connectivity index (χ0n) is 8.92. The number of aromatic nitrogens is 2. The number of imidazole rings is 1. The van der Waals surface area contributed by atoms with Crippen molar-refractivity contribution in [3.63, 3.8) is 0 Å².